The summed E-state index contributed by atoms with van der Waals surface area (Å²) in [4.78, 5) is 0. The average molecular weight is 125 g/mol. The van der Waals surface area contributed by atoms with Crippen molar-refractivity contribution >= 4 is 0 Å². The number of tetrazole rings is 1. The molecule has 0 saturated carbocycles. The molecule has 2 heterocycles. The summed E-state index contributed by atoms with van der Waals surface area (Å²) < 4.78 is 3.80. The van der Waals surface area contributed by atoms with Crippen molar-refractivity contribution in [2.45, 2.75) is 19.4 Å². The summed E-state index contributed by atoms with van der Waals surface area (Å²) >= 11 is 0. The smallest absolute Gasteiger partial charge is 0.140 e. The van der Waals surface area contributed by atoms with E-state index in [-0.39, 0.29) is 0 Å². The Hall–Kier alpha value is -0.930. The lowest BCUT2D eigenvalue weighted by Crippen LogP contribution is -2.34. The Morgan fingerprint density at radius 3 is 3.33 bits per heavy atom. The van der Waals surface area contributed by atoms with Crippen LogP contribution in [0.4, 0.5) is 0 Å². The molecule has 0 saturated heterocycles. The van der Waals surface area contributed by atoms with E-state index in [0.29, 0.717) is 0 Å². The van der Waals surface area contributed by atoms with Crippen LogP contribution in [0.2, 0.25) is 0 Å². The average Bonchev–Trinajstić information content (AvgIpc) is 2.35. The number of rotatable bonds is 0. The van der Waals surface area contributed by atoms with E-state index in [1.165, 1.54) is 12.2 Å². The van der Waals surface area contributed by atoms with Crippen molar-refractivity contribution in [2.75, 3.05) is 0 Å². The summed E-state index contributed by atoms with van der Waals surface area (Å²) in [6.45, 7) is 1.04. The molecule has 4 nitrogen and oxygen atoms in total. The third kappa shape index (κ3) is 0.557. The first-order chi connectivity index (χ1) is 4.38. The van der Waals surface area contributed by atoms with Crippen molar-refractivity contribution in [3.8, 4) is 0 Å². The normalized spacial score (nSPS) is 16.1. The molecule has 0 unspecified atom stereocenters. The van der Waals surface area contributed by atoms with Crippen LogP contribution >= 0.6 is 0 Å². The van der Waals surface area contributed by atoms with E-state index >= 15 is 0 Å². The lowest BCUT2D eigenvalue weighted by Gasteiger charge is -1.79. The first kappa shape index (κ1) is 4.90. The van der Waals surface area contributed by atoms with Gasteiger partial charge in [-0.05, 0) is 6.42 Å². The van der Waals surface area contributed by atoms with Gasteiger partial charge in [0.2, 0.25) is 0 Å². The lowest BCUT2D eigenvalue weighted by atomic mass is 10.4. The van der Waals surface area contributed by atoms with E-state index in [0.717, 1.165) is 13.0 Å². The fourth-order valence-electron chi connectivity index (χ4n) is 1.23. The molecule has 0 radical (unpaired) electrons. The molecule has 1 aromatic rings. The highest BCUT2D eigenvalue weighted by Crippen LogP contribution is 2.05. The molecule has 48 valence electrons. The van der Waals surface area contributed by atoms with Gasteiger partial charge in [-0.1, -0.05) is 4.68 Å². The summed E-state index contributed by atoms with van der Waals surface area (Å²) in [5.74, 6) is 1.25. The van der Waals surface area contributed by atoms with Crippen LogP contribution in [0.15, 0.2) is 0 Å². The molecule has 1 aliphatic heterocycles. The number of nitrogens with zero attached hydrogens (tertiary/aromatic N) is 4. The van der Waals surface area contributed by atoms with Crippen molar-refractivity contribution in [1.82, 2.24) is 15.1 Å². The molecule has 1 aliphatic rings. The van der Waals surface area contributed by atoms with Crippen molar-refractivity contribution in [3.63, 3.8) is 0 Å². The minimum atomic E-state index is 1.04. The molecule has 0 amide bonds. The number of hydrogen-bond donors (Lipinski definition) is 0. The van der Waals surface area contributed by atoms with Crippen LogP contribution in [0.25, 0.3) is 0 Å². The molecule has 9 heavy (non-hydrogen) atoms. The highest BCUT2D eigenvalue weighted by atomic mass is 15.6. The van der Waals surface area contributed by atoms with E-state index in [2.05, 4.69) is 10.4 Å². The van der Waals surface area contributed by atoms with E-state index < -0.39 is 0 Å². The van der Waals surface area contributed by atoms with Crippen molar-refractivity contribution < 1.29 is 4.68 Å². The number of aromatic nitrogens is 4. The summed E-state index contributed by atoms with van der Waals surface area (Å²) in [6.07, 6.45) is 2.35. The summed E-state index contributed by atoms with van der Waals surface area (Å²) in [5, 5.41) is 7.79. The van der Waals surface area contributed by atoms with Gasteiger partial charge >= 0.3 is 0 Å². The zero-order chi connectivity index (χ0) is 6.27. The van der Waals surface area contributed by atoms with Crippen LogP contribution in [0.3, 0.4) is 0 Å². The van der Waals surface area contributed by atoms with Gasteiger partial charge in [-0.3, -0.25) is 0 Å². The molecular weight excluding hydrogens is 116 g/mol. The zero-order valence-corrected chi connectivity index (χ0v) is 5.41. The predicted octanol–water partition coefficient (Wildman–Crippen LogP) is -0.951. The monoisotopic (exact) mass is 125 g/mol. The maximum Gasteiger partial charge on any atom is 0.256 e. The van der Waals surface area contributed by atoms with Gasteiger partial charge in [-0.25, -0.2) is 0 Å². The molecule has 1 aromatic heterocycles. The molecule has 0 atom stereocenters. The molecule has 0 aliphatic carbocycles. The molecule has 4 heteroatoms. The third-order valence-corrected chi connectivity index (χ3v) is 1.72. The Balaban J connectivity index is 2.56. The second-order valence-corrected chi connectivity index (χ2v) is 2.35. The molecule has 0 N–H and O–H groups in total. The molecule has 0 spiro atoms. The summed E-state index contributed by atoms with van der Waals surface area (Å²) in [7, 11) is 1.93. The summed E-state index contributed by atoms with van der Waals surface area (Å²) in [5.41, 5.74) is 0. The van der Waals surface area contributed by atoms with Crippen molar-refractivity contribution in [2.24, 2.45) is 7.05 Å². The van der Waals surface area contributed by atoms with Crippen LogP contribution in [-0.4, -0.2) is 15.1 Å². The molecular formula is C5H9N4+. The van der Waals surface area contributed by atoms with E-state index in [9.17, 15) is 0 Å². The Bertz CT molecular complexity index is 227. The van der Waals surface area contributed by atoms with E-state index in [4.69, 9.17) is 0 Å². The van der Waals surface area contributed by atoms with Crippen LogP contribution in [0.5, 0.6) is 0 Å². The van der Waals surface area contributed by atoms with Crippen LogP contribution in [-0.2, 0) is 20.0 Å². The topological polar surface area (TPSA) is 34.6 Å². The van der Waals surface area contributed by atoms with Crippen LogP contribution in [0, 0.1) is 0 Å². The zero-order valence-electron chi connectivity index (χ0n) is 5.41. The van der Waals surface area contributed by atoms with Crippen molar-refractivity contribution in [3.05, 3.63) is 5.82 Å². The predicted molar refractivity (Wildman–Crippen MR) is 29.5 cm³/mol. The Morgan fingerprint density at radius 1 is 1.67 bits per heavy atom. The maximum absolute atomic E-state index is 3.93. The minimum Gasteiger partial charge on any atom is -0.140 e. The highest BCUT2D eigenvalue weighted by Gasteiger charge is 2.22. The molecule has 0 bridgehead atoms. The van der Waals surface area contributed by atoms with Gasteiger partial charge < -0.3 is 0 Å². The minimum absolute atomic E-state index is 1.04. The van der Waals surface area contributed by atoms with Gasteiger partial charge in [0.15, 0.2) is 5.21 Å². The maximum atomic E-state index is 3.93. The lowest BCUT2D eigenvalue weighted by molar-refractivity contribution is -0.738. The SMILES string of the molecule is C[n+]1nnn2c1CCC2. The van der Waals surface area contributed by atoms with Gasteiger partial charge in [0.1, 0.15) is 11.8 Å². The molecule has 0 aromatic carbocycles. The fourth-order valence-corrected chi connectivity index (χ4v) is 1.23. The third-order valence-electron chi connectivity index (χ3n) is 1.72. The largest absolute Gasteiger partial charge is 0.256 e. The van der Waals surface area contributed by atoms with Crippen LogP contribution < -0.4 is 4.68 Å². The molecule has 2 rings (SSSR count). The first-order valence-corrected chi connectivity index (χ1v) is 3.16. The Morgan fingerprint density at radius 2 is 2.56 bits per heavy atom. The first-order valence-electron chi connectivity index (χ1n) is 3.16. The van der Waals surface area contributed by atoms with Gasteiger partial charge in [0.25, 0.3) is 5.82 Å². The number of hydrogen-bond acceptors (Lipinski definition) is 2. The van der Waals surface area contributed by atoms with Gasteiger partial charge in [0, 0.05) is 6.42 Å². The second-order valence-electron chi connectivity index (χ2n) is 2.35. The Kier molecular flexibility index (Phi) is 0.831. The quantitative estimate of drug-likeness (QED) is 0.419. The van der Waals surface area contributed by atoms with Gasteiger partial charge in [-0.15, -0.1) is 4.68 Å². The number of fused-ring (bicyclic) bond motifs is 1. The van der Waals surface area contributed by atoms with Crippen LogP contribution in [0.1, 0.15) is 12.2 Å². The Labute approximate surface area is 53.1 Å². The van der Waals surface area contributed by atoms with Crippen molar-refractivity contribution in [1.29, 1.82) is 0 Å². The standard InChI is InChI=1S/C5H9N4/c1-8-5-3-2-4-9(5)7-6-8/h2-4H2,1H3/q+1. The molecule has 0 fully saturated rings. The van der Waals surface area contributed by atoms with E-state index in [1.54, 1.807) is 0 Å². The fraction of sp³-hybridized carbons (Fsp3) is 0.800. The van der Waals surface area contributed by atoms with E-state index in [1.807, 2.05) is 16.4 Å². The highest BCUT2D eigenvalue weighted by molar-refractivity contribution is 4.79. The number of aryl methyl sites for hydroxylation is 2. The summed E-state index contributed by atoms with van der Waals surface area (Å²) in [6, 6.07) is 0. The van der Waals surface area contributed by atoms with Gasteiger partial charge in [-0.2, -0.15) is 0 Å². The van der Waals surface area contributed by atoms with Gasteiger partial charge in [0.05, 0.1) is 7.05 Å². The second kappa shape index (κ2) is 1.52.